The van der Waals surface area contributed by atoms with Gasteiger partial charge in [-0.15, -0.1) is 0 Å². The van der Waals surface area contributed by atoms with Gasteiger partial charge in [0.1, 0.15) is 6.04 Å². The lowest BCUT2D eigenvalue weighted by Gasteiger charge is -2.17. The van der Waals surface area contributed by atoms with Crippen molar-refractivity contribution in [3.63, 3.8) is 0 Å². The molecule has 1 aromatic rings. The van der Waals surface area contributed by atoms with Crippen LogP contribution in [-0.2, 0) is 20.7 Å². The molecule has 0 saturated carbocycles. The summed E-state index contributed by atoms with van der Waals surface area (Å²) in [4.78, 5) is 22.2. The molecular weight excluding hydrogens is 218 g/mol. The normalized spacial score (nSPS) is 11.9. The average molecular weight is 235 g/mol. The molecule has 0 spiro atoms. The van der Waals surface area contributed by atoms with Crippen LogP contribution in [0.2, 0.25) is 0 Å². The number of nitrogens with one attached hydrogen (secondary N) is 1. The molecule has 0 fully saturated rings. The Hall–Kier alpha value is -1.84. The largest absolute Gasteiger partial charge is 0.461 e. The van der Waals surface area contributed by atoms with Crippen LogP contribution in [0.4, 0.5) is 0 Å². The minimum Gasteiger partial charge on any atom is -0.461 e. The number of carbonyl (C=O) groups excluding carboxylic acids is 2. The van der Waals surface area contributed by atoms with Crippen LogP contribution in [0.5, 0.6) is 0 Å². The van der Waals surface area contributed by atoms with Crippen molar-refractivity contribution < 1.29 is 14.3 Å². The SMILES string of the molecule is CC(C)OC(=O)C(Cc1ccccc1)NC=O. The van der Waals surface area contributed by atoms with E-state index in [-0.39, 0.29) is 6.10 Å². The summed E-state index contributed by atoms with van der Waals surface area (Å²) in [7, 11) is 0. The van der Waals surface area contributed by atoms with Crippen LogP contribution in [-0.4, -0.2) is 24.5 Å². The topological polar surface area (TPSA) is 55.4 Å². The van der Waals surface area contributed by atoms with Crippen molar-refractivity contribution in [1.82, 2.24) is 5.32 Å². The molecule has 4 nitrogen and oxygen atoms in total. The number of esters is 1. The summed E-state index contributed by atoms with van der Waals surface area (Å²) in [6.45, 7) is 3.55. The molecule has 17 heavy (non-hydrogen) atoms. The first-order valence-electron chi connectivity index (χ1n) is 5.57. The van der Waals surface area contributed by atoms with Gasteiger partial charge in [0.15, 0.2) is 0 Å². The molecule has 0 saturated heterocycles. The van der Waals surface area contributed by atoms with Crippen LogP contribution >= 0.6 is 0 Å². The van der Waals surface area contributed by atoms with Gasteiger partial charge in [0.25, 0.3) is 0 Å². The highest BCUT2D eigenvalue weighted by Crippen LogP contribution is 2.05. The molecule has 4 heteroatoms. The fourth-order valence-electron chi connectivity index (χ4n) is 1.46. The third kappa shape index (κ3) is 4.68. The van der Waals surface area contributed by atoms with Crippen molar-refractivity contribution in [2.45, 2.75) is 32.4 Å². The molecule has 0 aromatic heterocycles. The van der Waals surface area contributed by atoms with Gasteiger partial charge in [0.05, 0.1) is 6.10 Å². The van der Waals surface area contributed by atoms with Crippen LogP contribution in [0.25, 0.3) is 0 Å². The molecule has 1 unspecified atom stereocenters. The van der Waals surface area contributed by atoms with Gasteiger partial charge in [-0.1, -0.05) is 30.3 Å². The maximum atomic E-state index is 11.7. The second kappa shape index (κ2) is 6.68. The Morgan fingerprint density at radius 3 is 2.53 bits per heavy atom. The van der Waals surface area contributed by atoms with E-state index in [2.05, 4.69) is 5.32 Å². The second-order valence-electron chi connectivity index (χ2n) is 4.01. The summed E-state index contributed by atoms with van der Waals surface area (Å²) in [6.07, 6.45) is 0.773. The highest BCUT2D eigenvalue weighted by atomic mass is 16.5. The van der Waals surface area contributed by atoms with E-state index in [1.807, 2.05) is 30.3 Å². The van der Waals surface area contributed by atoms with Crippen LogP contribution in [0.3, 0.4) is 0 Å². The molecule has 0 heterocycles. The Morgan fingerprint density at radius 1 is 1.35 bits per heavy atom. The highest BCUT2D eigenvalue weighted by molar-refractivity contribution is 5.78. The van der Waals surface area contributed by atoms with Crippen molar-refractivity contribution in [3.8, 4) is 0 Å². The molecule has 1 N–H and O–H groups in total. The lowest BCUT2D eigenvalue weighted by atomic mass is 10.1. The van der Waals surface area contributed by atoms with Crippen LogP contribution < -0.4 is 5.32 Å². The second-order valence-corrected chi connectivity index (χ2v) is 4.01. The minimum atomic E-state index is -0.628. The lowest BCUT2D eigenvalue weighted by molar-refractivity contribution is -0.150. The summed E-state index contributed by atoms with van der Waals surface area (Å²) in [5.74, 6) is -0.407. The zero-order chi connectivity index (χ0) is 12.7. The molecule has 1 aromatic carbocycles. The first kappa shape index (κ1) is 13.2. The van der Waals surface area contributed by atoms with Gasteiger partial charge in [-0.05, 0) is 19.4 Å². The number of carbonyl (C=O) groups is 2. The molecule has 0 radical (unpaired) electrons. The van der Waals surface area contributed by atoms with Crippen LogP contribution in [0.15, 0.2) is 30.3 Å². The van der Waals surface area contributed by atoms with E-state index >= 15 is 0 Å². The standard InChI is InChI=1S/C13H17NO3/c1-10(2)17-13(16)12(14-9-15)8-11-6-4-3-5-7-11/h3-7,9-10,12H,8H2,1-2H3,(H,14,15). The maximum Gasteiger partial charge on any atom is 0.329 e. The van der Waals surface area contributed by atoms with Crippen LogP contribution in [0.1, 0.15) is 19.4 Å². The van der Waals surface area contributed by atoms with E-state index in [9.17, 15) is 9.59 Å². The van der Waals surface area contributed by atoms with Crippen molar-refractivity contribution in [1.29, 1.82) is 0 Å². The van der Waals surface area contributed by atoms with Gasteiger partial charge in [-0.3, -0.25) is 4.79 Å². The third-order valence-electron chi connectivity index (χ3n) is 2.19. The first-order chi connectivity index (χ1) is 8.13. The molecule has 1 atom stereocenters. The number of hydrogen-bond donors (Lipinski definition) is 1. The molecule has 92 valence electrons. The predicted octanol–water partition coefficient (Wildman–Crippen LogP) is 1.30. The number of benzene rings is 1. The molecule has 0 aliphatic carbocycles. The summed E-state index contributed by atoms with van der Waals surface area (Å²) < 4.78 is 5.08. The van der Waals surface area contributed by atoms with Crippen molar-refractivity contribution in [3.05, 3.63) is 35.9 Å². The van der Waals surface area contributed by atoms with E-state index in [1.54, 1.807) is 13.8 Å². The number of amides is 1. The van der Waals surface area contributed by atoms with E-state index in [0.29, 0.717) is 12.8 Å². The predicted molar refractivity (Wildman–Crippen MR) is 64.4 cm³/mol. The van der Waals surface area contributed by atoms with Gasteiger partial charge in [-0.2, -0.15) is 0 Å². The highest BCUT2D eigenvalue weighted by Gasteiger charge is 2.20. The van der Waals surface area contributed by atoms with E-state index in [0.717, 1.165) is 5.56 Å². The Bertz CT molecular complexity index is 362. The Labute approximate surface area is 101 Å². The molecule has 1 amide bonds. The number of ether oxygens (including phenoxy) is 1. The van der Waals surface area contributed by atoms with Crippen LogP contribution in [0, 0.1) is 0 Å². The summed E-state index contributed by atoms with van der Waals surface area (Å²) in [6, 6.07) is 8.86. The Morgan fingerprint density at radius 2 is 2.00 bits per heavy atom. The zero-order valence-corrected chi connectivity index (χ0v) is 10.1. The molecule has 0 aliphatic heterocycles. The van der Waals surface area contributed by atoms with Crippen molar-refractivity contribution in [2.24, 2.45) is 0 Å². The molecule has 0 bridgehead atoms. The zero-order valence-electron chi connectivity index (χ0n) is 10.1. The first-order valence-corrected chi connectivity index (χ1v) is 5.57. The third-order valence-corrected chi connectivity index (χ3v) is 2.19. The van der Waals surface area contributed by atoms with Gasteiger partial charge in [-0.25, -0.2) is 4.79 Å². The van der Waals surface area contributed by atoms with Gasteiger partial charge < -0.3 is 10.1 Å². The van der Waals surface area contributed by atoms with Crippen molar-refractivity contribution in [2.75, 3.05) is 0 Å². The smallest absolute Gasteiger partial charge is 0.329 e. The molecule has 0 aliphatic rings. The number of hydrogen-bond acceptors (Lipinski definition) is 3. The number of rotatable bonds is 6. The minimum absolute atomic E-state index is 0.186. The van der Waals surface area contributed by atoms with E-state index in [1.165, 1.54) is 0 Å². The van der Waals surface area contributed by atoms with Gasteiger partial charge in [0.2, 0.25) is 6.41 Å². The summed E-state index contributed by atoms with van der Waals surface area (Å²) in [5.41, 5.74) is 0.979. The quantitative estimate of drug-likeness (QED) is 0.597. The summed E-state index contributed by atoms with van der Waals surface area (Å²) in [5, 5.41) is 2.48. The maximum absolute atomic E-state index is 11.7. The molecule has 1 rings (SSSR count). The van der Waals surface area contributed by atoms with E-state index in [4.69, 9.17) is 4.74 Å². The van der Waals surface area contributed by atoms with E-state index < -0.39 is 12.0 Å². The summed E-state index contributed by atoms with van der Waals surface area (Å²) >= 11 is 0. The van der Waals surface area contributed by atoms with Gasteiger partial charge in [0, 0.05) is 6.42 Å². The molecular formula is C13H17NO3. The fourth-order valence-corrected chi connectivity index (χ4v) is 1.46. The average Bonchev–Trinajstić information content (AvgIpc) is 2.29. The Kier molecular flexibility index (Phi) is 5.20. The van der Waals surface area contributed by atoms with Crippen molar-refractivity contribution >= 4 is 12.4 Å². The Balaban J connectivity index is 2.66. The monoisotopic (exact) mass is 235 g/mol. The fraction of sp³-hybridized carbons (Fsp3) is 0.385. The lowest BCUT2D eigenvalue weighted by Crippen LogP contribution is -2.40. The van der Waals surface area contributed by atoms with Gasteiger partial charge >= 0.3 is 5.97 Å².